The van der Waals surface area contributed by atoms with Crippen molar-refractivity contribution < 1.29 is 32.6 Å². The van der Waals surface area contributed by atoms with Crippen molar-refractivity contribution in [1.29, 1.82) is 0 Å². The standard InChI is InChI=1S/C21H26F3N3O4/c1-2-3-7-26-18(29)17-9-15(28)11-27(17)20(19(26)30)12-25(13-20)10-14-5-4-6-16(8-14)31-21(22,23)24/h4-6,8,15,17,28H,2-3,7,9-13H2,1H3. The number of piperazine rings is 1. The van der Waals surface area contributed by atoms with Gasteiger partial charge in [-0.05, 0) is 30.5 Å². The third-order valence-electron chi connectivity index (χ3n) is 6.27. The predicted octanol–water partition coefficient (Wildman–Crippen LogP) is 1.74. The van der Waals surface area contributed by atoms with Crippen LogP contribution in [0.5, 0.6) is 5.75 Å². The Morgan fingerprint density at radius 3 is 2.68 bits per heavy atom. The molecule has 3 aliphatic rings. The van der Waals surface area contributed by atoms with Crippen LogP contribution in [-0.2, 0) is 16.1 Å². The summed E-state index contributed by atoms with van der Waals surface area (Å²) >= 11 is 0. The number of halogens is 3. The summed E-state index contributed by atoms with van der Waals surface area (Å²) in [5.74, 6) is -0.758. The van der Waals surface area contributed by atoms with E-state index in [1.54, 1.807) is 6.07 Å². The van der Waals surface area contributed by atoms with Crippen LogP contribution < -0.4 is 4.74 Å². The molecule has 7 nitrogen and oxygen atoms in total. The van der Waals surface area contributed by atoms with Gasteiger partial charge < -0.3 is 9.84 Å². The Balaban J connectivity index is 1.48. The van der Waals surface area contributed by atoms with Gasteiger partial charge in [-0.2, -0.15) is 0 Å². The first-order valence-electron chi connectivity index (χ1n) is 10.5. The van der Waals surface area contributed by atoms with E-state index in [9.17, 15) is 27.9 Å². The average molecular weight is 441 g/mol. The first kappa shape index (κ1) is 22.0. The topological polar surface area (TPSA) is 73.3 Å². The molecule has 1 spiro atoms. The van der Waals surface area contributed by atoms with Crippen LogP contribution in [0.3, 0.4) is 0 Å². The third kappa shape index (κ3) is 4.16. The van der Waals surface area contributed by atoms with E-state index in [0.717, 1.165) is 12.8 Å². The number of unbranched alkanes of at least 4 members (excludes halogenated alkanes) is 1. The molecule has 4 rings (SSSR count). The molecule has 10 heteroatoms. The van der Waals surface area contributed by atoms with Crippen LogP contribution in [0.2, 0.25) is 0 Å². The van der Waals surface area contributed by atoms with Crippen molar-refractivity contribution in [1.82, 2.24) is 14.7 Å². The largest absolute Gasteiger partial charge is 0.573 e. The average Bonchev–Trinajstić information content (AvgIpc) is 3.04. The summed E-state index contributed by atoms with van der Waals surface area (Å²) in [6.45, 7) is 3.69. The minimum absolute atomic E-state index is 0.235. The number of alkyl halides is 3. The van der Waals surface area contributed by atoms with Crippen LogP contribution in [0.4, 0.5) is 13.2 Å². The number of rotatable bonds is 6. The molecule has 0 aromatic heterocycles. The summed E-state index contributed by atoms with van der Waals surface area (Å²) in [7, 11) is 0. The van der Waals surface area contributed by atoms with Gasteiger partial charge in [-0.1, -0.05) is 25.5 Å². The van der Waals surface area contributed by atoms with Crippen molar-refractivity contribution in [2.45, 2.75) is 56.8 Å². The molecule has 3 fully saturated rings. The summed E-state index contributed by atoms with van der Waals surface area (Å²) in [5.41, 5.74) is -0.235. The molecule has 1 N–H and O–H groups in total. The minimum atomic E-state index is -4.76. The summed E-state index contributed by atoms with van der Waals surface area (Å²) in [6.07, 6.45) is -3.53. The van der Waals surface area contributed by atoms with Crippen molar-refractivity contribution in [2.24, 2.45) is 0 Å². The highest BCUT2D eigenvalue weighted by Crippen LogP contribution is 2.41. The molecule has 2 atom stereocenters. The Morgan fingerprint density at radius 1 is 1.26 bits per heavy atom. The molecule has 0 saturated carbocycles. The number of ether oxygens (including phenoxy) is 1. The van der Waals surface area contributed by atoms with E-state index in [-0.39, 0.29) is 24.1 Å². The van der Waals surface area contributed by atoms with Gasteiger partial charge in [0.25, 0.3) is 5.91 Å². The molecule has 0 aliphatic carbocycles. The zero-order valence-corrected chi connectivity index (χ0v) is 17.3. The van der Waals surface area contributed by atoms with Crippen molar-refractivity contribution >= 4 is 11.8 Å². The fourth-order valence-corrected chi connectivity index (χ4v) is 4.92. The number of carbonyl (C=O) groups excluding carboxylic acids is 2. The van der Waals surface area contributed by atoms with Crippen LogP contribution in [-0.4, -0.2) is 81.8 Å². The predicted molar refractivity (Wildman–Crippen MR) is 104 cm³/mol. The summed E-state index contributed by atoms with van der Waals surface area (Å²) in [4.78, 5) is 31.3. The molecule has 2 unspecified atom stereocenters. The van der Waals surface area contributed by atoms with E-state index < -0.39 is 24.0 Å². The van der Waals surface area contributed by atoms with Gasteiger partial charge in [-0.3, -0.25) is 24.3 Å². The van der Waals surface area contributed by atoms with Gasteiger partial charge in [0, 0.05) is 32.7 Å². The number of carbonyl (C=O) groups is 2. The van der Waals surface area contributed by atoms with E-state index in [1.165, 1.54) is 23.1 Å². The minimum Gasteiger partial charge on any atom is -0.406 e. The molecule has 3 heterocycles. The number of likely N-dealkylation sites (tertiary alicyclic amines) is 1. The third-order valence-corrected chi connectivity index (χ3v) is 6.27. The summed E-state index contributed by atoms with van der Waals surface area (Å²) in [5, 5.41) is 10.2. The van der Waals surface area contributed by atoms with Crippen molar-refractivity contribution in [3.05, 3.63) is 29.8 Å². The highest BCUT2D eigenvalue weighted by Gasteiger charge is 2.63. The summed E-state index contributed by atoms with van der Waals surface area (Å²) in [6, 6.07) is 5.27. The van der Waals surface area contributed by atoms with Crippen LogP contribution in [0.15, 0.2) is 24.3 Å². The van der Waals surface area contributed by atoms with E-state index in [2.05, 4.69) is 4.74 Å². The maximum Gasteiger partial charge on any atom is 0.573 e. The van der Waals surface area contributed by atoms with Gasteiger partial charge in [0.15, 0.2) is 0 Å². The zero-order chi connectivity index (χ0) is 22.4. The molecule has 31 heavy (non-hydrogen) atoms. The van der Waals surface area contributed by atoms with Gasteiger partial charge in [0.2, 0.25) is 5.91 Å². The smallest absolute Gasteiger partial charge is 0.406 e. The Hall–Kier alpha value is -2.17. The van der Waals surface area contributed by atoms with E-state index in [4.69, 9.17) is 0 Å². The lowest BCUT2D eigenvalue weighted by Crippen LogP contribution is -2.81. The molecule has 2 amide bonds. The number of aliphatic hydroxyl groups is 1. The second-order valence-electron chi connectivity index (χ2n) is 8.58. The van der Waals surface area contributed by atoms with Gasteiger partial charge in [0.1, 0.15) is 11.3 Å². The first-order valence-corrected chi connectivity index (χ1v) is 10.5. The fraction of sp³-hybridized carbons (Fsp3) is 0.619. The second-order valence-corrected chi connectivity index (χ2v) is 8.58. The number of aliphatic hydroxyl groups excluding tert-OH is 1. The molecule has 170 valence electrons. The lowest BCUT2D eigenvalue weighted by Gasteiger charge is -2.58. The number of benzene rings is 1. The maximum absolute atomic E-state index is 13.3. The van der Waals surface area contributed by atoms with E-state index >= 15 is 0 Å². The lowest BCUT2D eigenvalue weighted by atomic mass is 9.82. The van der Waals surface area contributed by atoms with Crippen molar-refractivity contribution in [3.63, 3.8) is 0 Å². The number of β-amino-alcohol motifs (C(OH)–C–C–N with tert-alkyl or cyclic N) is 1. The van der Waals surface area contributed by atoms with Gasteiger partial charge in [0.05, 0.1) is 12.1 Å². The van der Waals surface area contributed by atoms with Crippen molar-refractivity contribution in [2.75, 3.05) is 26.2 Å². The SMILES string of the molecule is CCCCN1C(=O)C2CC(O)CN2C2(CN(Cc3cccc(OC(F)(F)F)c3)C2)C1=O. The number of nitrogens with zero attached hydrogens (tertiary/aromatic N) is 3. The Bertz CT molecular complexity index is 857. The van der Waals surface area contributed by atoms with Gasteiger partial charge in [-0.25, -0.2) is 0 Å². The molecule has 3 aliphatic heterocycles. The summed E-state index contributed by atoms with van der Waals surface area (Å²) < 4.78 is 41.4. The van der Waals surface area contributed by atoms with Gasteiger partial charge in [-0.15, -0.1) is 13.2 Å². The quantitative estimate of drug-likeness (QED) is 0.679. The Kier molecular flexibility index (Phi) is 5.74. The van der Waals surface area contributed by atoms with Gasteiger partial charge >= 0.3 is 6.36 Å². The molecule has 0 radical (unpaired) electrons. The molecule has 1 aromatic carbocycles. The van der Waals surface area contributed by atoms with Crippen LogP contribution in [0.1, 0.15) is 31.7 Å². The monoisotopic (exact) mass is 441 g/mol. The Morgan fingerprint density at radius 2 is 2.00 bits per heavy atom. The fourth-order valence-electron chi connectivity index (χ4n) is 4.92. The molecular weight excluding hydrogens is 415 g/mol. The number of hydrogen-bond acceptors (Lipinski definition) is 6. The maximum atomic E-state index is 13.3. The first-order chi connectivity index (χ1) is 14.6. The normalized spacial score (nSPS) is 26.3. The highest BCUT2D eigenvalue weighted by molar-refractivity contribution is 6.06. The molecule has 0 bridgehead atoms. The van der Waals surface area contributed by atoms with Crippen molar-refractivity contribution in [3.8, 4) is 5.75 Å². The number of hydrogen-bond donors (Lipinski definition) is 1. The van der Waals surface area contributed by atoms with Crippen LogP contribution in [0.25, 0.3) is 0 Å². The van der Waals surface area contributed by atoms with Crippen LogP contribution in [0, 0.1) is 0 Å². The van der Waals surface area contributed by atoms with Crippen LogP contribution >= 0.6 is 0 Å². The number of imide groups is 1. The molecule has 1 aromatic rings. The zero-order valence-electron chi connectivity index (χ0n) is 17.3. The lowest BCUT2D eigenvalue weighted by molar-refractivity contribution is -0.274. The van der Waals surface area contributed by atoms with E-state index in [0.29, 0.717) is 38.2 Å². The van der Waals surface area contributed by atoms with E-state index in [1.807, 2.05) is 16.7 Å². The molecule has 3 saturated heterocycles. The molecular formula is C21H26F3N3O4. The second kappa shape index (κ2) is 8.07. The highest BCUT2D eigenvalue weighted by atomic mass is 19.4. The Labute approximate surface area is 178 Å². The number of amides is 2. The number of fused-ring (bicyclic) bond motifs is 2.